The number of pyridine rings is 1. The number of hydrogen-bond donors (Lipinski definition) is 1. The minimum absolute atomic E-state index is 0.0748. The summed E-state index contributed by atoms with van der Waals surface area (Å²) < 4.78 is 11.1. The minimum Gasteiger partial charge on any atom is -0.482 e. The molecule has 2 N–H and O–H groups in total. The third-order valence-electron chi connectivity index (χ3n) is 5.24. The Morgan fingerprint density at radius 1 is 1.32 bits per heavy atom. The van der Waals surface area contributed by atoms with Gasteiger partial charge in [0.25, 0.3) is 11.8 Å². The van der Waals surface area contributed by atoms with Gasteiger partial charge in [0.1, 0.15) is 11.6 Å². The fourth-order valence-electron chi connectivity index (χ4n) is 3.67. The van der Waals surface area contributed by atoms with Gasteiger partial charge in [-0.2, -0.15) is 0 Å². The van der Waals surface area contributed by atoms with Crippen molar-refractivity contribution < 1.29 is 23.9 Å². The smallest absolute Gasteiger partial charge is 0.269 e. The number of carbonyl (C=O) groups excluding carboxylic acids is 3. The number of Topliss-reactive ketones (excluding diaryl/α,β-unsaturated/α-hetero) is 1. The third-order valence-corrected chi connectivity index (χ3v) is 5.24. The van der Waals surface area contributed by atoms with E-state index in [4.69, 9.17) is 15.2 Å². The van der Waals surface area contributed by atoms with Crippen molar-refractivity contribution in [2.45, 2.75) is 26.0 Å². The van der Waals surface area contributed by atoms with Crippen molar-refractivity contribution in [2.24, 2.45) is 0 Å². The fourth-order valence-corrected chi connectivity index (χ4v) is 3.67. The summed E-state index contributed by atoms with van der Waals surface area (Å²) in [6.45, 7) is 7.13. The molecule has 31 heavy (non-hydrogen) atoms. The van der Waals surface area contributed by atoms with Crippen LogP contribution in [0, 0.1) is 0 Å². The zero-order valence-corrected chi connectivity index (χ0v) is 17.2. The number of amides is 2. The van der Waals surface area contributed by atoms with E-state index in [-0.39, 0.29) is 29.9 Å². The molecule has 0 saturated carbocycles. The summed E-state index contributed by atoms with van der Waals surface area (Å²) in [4.78, 5) is 45.5. The van der Waals surface area contributed by atoms with Gasteiger partial charge in [0, 0.05) is 12.1 Å². The van der Waals surface area contributed by atoms with Crippen molar-refractivity contribution in [1.82, 2.24) is 4.98 Å². The van der Waals surface area contributed by atoms with E-state index in [1.54, 1.807) is 50.3 Å². The number of rotatable bonds is 5. The molecule has 1 aromatic heterocycles. The van der Waals surface area contributed by atoms with Crippen LogP contribution in [-0.2, 0) is 9.59 Å². The summed E-state index contributed by atoms with van der Waals surface area (Å²) in [5, 5.41) is 0. The molecular weight excluding hydrogens is 400 g/mol. The molecule has 0 aliphatic carbocycles. The molecule has 0 spiro atoms. The number of nitrogen functional groups attached to an aromatic ring is 1. The highest BCUT2D eigenvalue weighted by molar-refractivity contribution is 6.10. The first-order chi connectivity index (χ1) is 14.8. The first kappa shape index (κ1) is 20.4. The number of ether oxygens (including phenoxy) is 2. The molecule has 4 rings (SSSR count). The van der Waals surface area contributed by atoms with E-state index < -0.39 is 18.1 Å². The number of ketones is 1. The number of carbonyl (C=O) groups is 3. The number of nitrogens with zero attached hydrogens (tertiary/aromatic N) is 3. The second kappa shape index (κ2) is 7.75. The molecule has 2 aromatic rings. The predicted molar refractivity (Wildman–Crippen MR) is 115 cm³/mol. The highest BCUT2D eigenvalue weighted by Crippen LogP contribution is 2.36. The molecule has 2 amide bonds. The van der Waals surface area contributed by atoms with Gasteiger partial charge in [-0.25, -0.2) is 4.98 Å². The quantitative estimate of drug-likeness (QED) is 0.578. The van der Waals surface area contributed by atoms with Crippen molar-refractivity contribution in [1.29, 1.82) is 0 Å². The van der Waals surface area contributed by atoms with Crippen molar-refractivity contribution >= 4 is 34.9 Å². The molecule has 0 saturated heterocycles. The molecule has 1 aromatic carbocycles. The predicted octanol–water partition coefficient (Wildman–Crippen LogP) is 1.96. The Balaban J connectivity index is 1.71. The molecule has 9 heteroatoms. The standard InChI is InChI=1S/C22H22N4O5/c1-4-9-25-15-10-14(5-6-16(15)30-11-19(25)27)20(28)12(2)26-21-17(7-8-18(23)24-21)31-13(3)22(26)29/h4-8,10,12-13H,1,9,11H2,2-3H3,(H2,23,24). The summed E-state index contributed by atoms with van der Waals surface area (Å²) in [5.74, 6) is 0.348. The summed E-state index contributed by atoms with van der Waals surface area (Å²) in [6.07, 6.45) is 0.830. The average molecular weight is 422 g/mol. The highest BCUT2D eigenvalue weighted by atomic mass is 16.5. The number of hydrogen-bond acceptors (Lipinski definition) is 7. The van der Waals surface area contributed by atoms with Gasteiger partial charge in [-0.15, -0.1) is 6.58 Å². The molecule has 0 bridgehead atoms. The maximum atomic E-state index is 13.4. The number of anilines is 3. The Hall–Kier alpha value is -3.88. The van der Waals surface area contributed by atoms with E-state index in [1.807, 2.05) is 0 Å². The monoisotopic (exact) mass is 422 g/mol. The molecule has 0 fully saturated rings. The maximum absolute atomic E-state index is 13.4. The lowest BCUT2D eigenvalue weighted by Crippen LogP contribution is -2.52. The molecule has 3 heterocycles. The maximum Gasteiger partial charge on any atom is 0.269 e. The van der Waals surface area contributed by atoms with Gasteiger partial charge in [-0.3, -0.25) is 19.3 Å². The van der Waals surface area contributed by atoms with E-state index in [9.17, 15) is 14.4 Å². The summed E-state index contributed by atoms with van der Waals surface area (Å²) in [7, 11) is 0. The van der Waals surface area contributed by atoms with Crippen LogP contribution in [0.25, 0.3) is 0 Å². The minimum atomic E-state index is -0.877. The normalized spacial score (nSPS) is 18.5. The lowest BCUT2D eigenvalue weighted by Gasteiger charge is -2.35. The molecular formula is C22H22N4O5. The van der Waals surface area contributed by atoms with Crippen molar-refractivity contribution in [3.05, 3.63) is 48.6 Å². The van der Waals surface area contributed by atoms with E-state index in [0.717, 1.165) is 0 Å². The Kier molecular flexibility index (Phi) is 5.10. The van der Waals surface area contributed by atoms with Gasteiger partial charge < -0.3 is 20.1 Å². The van der Waals surface area contributed by atoms with Crippen molar-refractivity contribution in [3.8, 4) is 11.5 Å². The molecule has 2 aliphatic rings. The molecule has 2 atom stereocenters. The van der Waals surface area contributed by atoms with Crippen molar-refractivity contribution in [3.63, 3.8) is 0 Å². The van der Waals surface area contributed by atoms with Gasteiger partial charge >= 0.3 is 0 Å². The van der Waals surface area contributed by atoms with Crippen LogP contribution < -0.4 is 25.0 Å². The zero-order valence-electron chi connectivity index (χ0n) is 17.2. The van der Waals surface area contributed by atoms with Gasteiger partial charge in [0.15, 0.2) is 30.1 Å². The van der Waals surface area contributed by atoms with Crippen LogP contribution in [0.2, 0.25) is 0 Å². The van der Waals surface area contributed by atoms with Gasteiger partial charge in [-0.1, -0.05) is 6.08 Å². The van der Waals surface area contributed by atoms with E-state index in [2.05, 4.69) is 11.6 Å². The topological polar surface area (TPSA) is 115 Å². The Morgan fingerprint density at radius 2 is 2.06 bits per heavy atom. The second-order valence-corrected chi connectivity index (χ2v) is 7.33. The van der Waals surface area contributed by atoms with E-state index >= 15 is 0 Å². The van der Waals surface area contributed by atoms with Crippen LogP contribution in [0.1, 0.15) is 24.2 Å². The van der Waals surface area contributed by atoms with Crippen LogP contribution in [0.15, 0.2) is 43.0 Å². The SMILES string of the molecule is C=CCN1C(=O)COc2ccc(C(=O)C(C)N3C(=O)C(C)Oc4ccc(N)nc43)cc21. The molecule has 160 valence electrons. The summed E-state index contributed by atoms with van der Waals surface area (Å²) in [6, 6.07) is 7.17. The summed E-state index contributed by atoms with van der Waals surface area (Å²) >= 11 is 0. The average Bonchev–Trinajstić information content (AvgIpc) is 2.76. The fraction of sp³-hybridized carbons (Fsp3) is 0.273. The molecule has 2 aliphatic heterocycles. The first-order valence-corrected chi connectivity index (χ1v) is 9.80. The van der Waals surface area contributed by atoms with Gasteiger partial charge in [-0.05, 0) is 44.2 Å². The van der Waals surface area contributed by atoms with Crippen LogP contribution in [-0.4, -0.2) is 47.9 Å². The van der Waals surface area contributed by atoms with Gasteiger partial charge in [0.05, 0.1) is 11.7 Å². The molecule has 0 radical (unpaired) electrons. The van der Waals surface area contributed by atoms with Crippen LogP contribution in [0.3, 0.4) is 0 Å². The lowest BCUT2D eigenvalue weighted by molar-refractivity contribution is -0.126. The largest absolute Gasteiger partial charge is 0.482 e. The van der Waals surface area contributed by atoms with Gasteiger partial charge in [0.2, 0.25) is 0 Å². The van der Waals surface area contributed by atoms with E-state index in [0.29, 0.717) is 29.3 Å². The Morgan fingerprint density at radius 3 is 2.81 bits per heavy atom. The lowest BCUT2D eigenvalue weighted by atomic mass is 10.0. The zero-order chi connectivity index (χ0) is 22.3. The number of fused-ring (bicyclic) bond motifs is 2. The second-order valence-electron chi connectivity index (χ2n) is 7.33. The third kappa shape index (κ3) is 3.48. The Labute approximate surface area is 179 Å². The van der Waals surface area contributed by atoms with E-state index in [1.165, 1.54) is 9.80 Å². The van der Waals surface area contributed by atoms with Crippen LogP contribution in [0.5, 0.6) is 11.5 Å². The summed E-state index contributed by atoms with van der Waals surface area (Å²) in [5.41, 5.74) is 6.61. The number of nitrogens with two attached hydrogens (primary N) is 1. The molecule has 9 nitrogen and oxygen atoms in total. The van der Waals surface area contributed by atoms with Crippen LogP contribution >= 0.6 is 0 Å². The van der Waals surface area contributed by atoms with Crippen LogP contribution in [0.4, 0.5) is 17.3 Å². The number of benzene rings is 1. The first-order valence-electron chi connectivity index (χ1n) is 9.80. The highest BCUT2D eigenvalue weighted by Gasteiger charge is 2.39. The van der Waals surface area contributed by atoms with Crippen molar-refractivity contribution in [2.75, 3.05) is 28.7 Å². The Bertz CT molecular complexity index is 1100. The number of aromatic nitrogens is 1. The molecule has 2 unspecified atom stereocenters.